The van der Waals surface area contributed by atoms with Gasteiger partial charge in [-0.05, 0) is 85.5 Å². The van der Waals surface area contributed by atoms with Crippen molar-refractivity contribution in [3.63, 3.8) is 0 Å². The van der Waals surface area contributed by atoms with Crippen molar-refractivity contribution in [3.8, 4) is 0 Å². The van der Waals surface area contributed by atoms with E-state index in [-0.39, 0.29) is 17.9 Å². The van der Waals surface area contributed by atoms with E-state index in [1.54, 1.807) is 24.7 Å². The molecule has 7 heteroatoms. The van der Waals surface area contributed by atoms with Crippen LogP contribution in [0.2, 0.25) is 5.02 Å². The SMILES string of the molecule is CC(NC(=O)C1(c2cccnc2)CC1)C(Cc1ccc(Cl)cc1)c1ccccc1.O=C(O)C1(c2cccnc2)CC1. The Balaban J connectivity index is 0.000000234. The lowest BCUT2D eigenvalue weighted by Gasteiger charge is -2.28. The fourth-order valence-electron chi connectivity index (χ4n) is 5.42. The molecule has 4 aromatic rings. The average molecular weight is 568 g/mol. The molecule has 0 bridgehead atoms. The zero-order valence-electron chi connectivity index (χ0n) is 23.0. The summed E-state index contributed by atoms with van der Waals surface area (Å²) in [5.41, 5.74) is 3.26. The summed E-state index contributed by atoms with van der Waals surface area (Å²) in [6, 6.07) is 25.9. The van der Waals surface area contributed by atoms with Crippen molar-refractivity contribution >= 4 is 23.5 Å². The first-order chi connectivity index (χ1) is 19.8. The summed E-state index contributed by atoms with van der Waals surface area (Å²) in [6.45, 7) is 2.10. The summed E-state index contributed by atoms with van der Waals surface area (Å²) in [6.07, 6.45) is 10.9. The minimum Gasteiger partial charge on any atom is -0.481 e. The van der Waals surface area contributed by atoms with Crippen molar-refractivity contribution in [3.05, 3.63) is 131 Å². The minimum atomic E-state index is -0.726. The highest BCUT2D eigenvalue weighted by Gasteiger charge is 2.52. The molecular formula is C34H34ClN3O3. The lowest BCUT2D eigenvalue weighted by atomic mass is 9.86. The van der Waals surface area contributed by atoms with Gasteiger partial charge in [0, 0.05) is 41.8 Å². The third-order valence-corrected chi connectivity index (χ3v) is 8.58. The molecule has 0 spiro atoms. The number of carbonyl (C=O) groups is 2. The Morgan fingerprint density at radius 1 is 0.829 bits per heavy atom. The van der Waals surface area contributed by atoms with Gasteiger partial charge in [0.2, 0.25) is 5.91 Å². The molecule has 2 N–H and O–H groups in total. The smallest absolute Gasteiger partial charge is 0.314 e. The van der Waals surface area contributed by atoms with Gasteiger partial charge in [-0.3, -0.25) is 19.6 Å². The molecule has 210 valence electrons. The fraction of sp³-hybridized carbons (Fsp3) is 0.294. The zero-order valence-corrected chi connectivity index (χ0v) is 23.8. The van der Waals surface area contributed by atoms with Crippen LogP contribution in [0.4, 0.5) is 0 Å². The standard InChI is InChI=1S/C25H25ClN2O.C9H9NO2/c1-18(28-24(29)25(13-14-25)21-8-5-15-27-17-21)23(20-6-3-2-4-7-20)16-19-9-11-22(26)12-10-19;11-8(12)9(3-4-9)7-2-1-5-10-6-7/h2-12,15,17-18,23H,13-14,16H2,1H3,(H,28,29);1-2,5-6H,3-4H2,(H,11,12). The zero-order chi connectivity index (χ0) is 28.9. The number of hydrogen-bond acceptors (Lipinski definition) is 4. The van der Waals surface area contributed by atoms with Crippen molar-refractivity contribution in [2.75, 3.05) is 0 Å². The summed E-state index contributed by atoms with van der Waals surface area (Å²) < 4.78 is 0. The van der Waals surface area contributed by atoms with Crippen molar-refractivity contribution in [1.29, 1.82) is 0 Å². The van der Waals surface area contributed by atoms with Crippen LogP contribution in [0.25, 0.3) is 0 Å². The number of rotatable bonds is 9. The van der Waals surface area contributed by atoms with Gasteiger partial charge in [-0.1, -0.05) is 66.2 Å². The Hall–Kier alpha value is -4.03. The predicted octanol–water partition coefficient (Wildman–Crippen LogP) is 6.50. The molecule has 6 rings (SSSR count). The van der Waals surface area contributed by atoms with Crippen LogP contribution in [0.3, 0.4) is 0 Å². The molecule has 41 heavy (non-hydrogen) atoms. The number of amides is 1. The molecule has 0 aliphatic heterocycles. The summed E-state index contributed by atoms with van der Waals surface area (Å²) >= 11 is 6.05. The highest BCUT2D eigenvalue weighted by Crippen LogP contribution is 2.49. The second-order valence-electron chi connectivity index (χ2n) is 11.1. The molecule has 6 nitrogen and oxygen atoms in total. The largest absolute Gasteiger partial charge is 0.481 e. The van der Waals surface area contributed by atoms with E-state index in [1.807, 2.05) is 42.6 Å². The van der Waals surface area contributed by atoms with Gasteiger partial charge >= 0.3 is 5.97 Å². The lowest BCUT2D eigenvalue weighted by molar-refractivity contribution is -0.140. The topological polar surface area (TPSA) is 92.2 Å². The van der Waals surface area contributed by atoms with Crippen LogP contribution in [0.15, 0.2) is 104 Å². The fourth-order valence-corrected chi connectivity index (χ4v) is 5.54. The van der Waals surface area contributed by atoms with Crippen LogP contribution in [-0.2, 0) is 26.8 Å². The van der Waals surface area contributed by atoms with Crippen molar-refractivity contribution in [2.24, 2.45) is 0 Å². The monoisotopic (exact) mass is 567 g/mol. The third kappa shape index (κ3) is 6.49. The Morgan fingerprint density at radius 3 is 1.88 bits per heavy atom. The summed E-state index contributed by atoms with van der Waals surface area (Å²) in [4.78, 5) is 32.2. The molecule has 2 fully saturated rings. The number of carboxylic acids is 1. The lowest BCUT2D eigenvalue weighted by Crippen LogP contribution is -2.43. The minimum absolute atomic E-state index is 0.00488. The van der Waals surface area contributed by atoms with Crippen LogP contribution in [-0.4, -0.2) is 33.0 Å². The van der Waals surface area contributed by atoms with E-state index in [0.29, 0.717) is 0 Å². The molecule has 2 aliphatic rings. The number of benzene rings is 2. The van der Waals surface area contributed by atoms with Gasteiger partial charge in [0.1, 0.15) is 0 Å². The van der Waals surface area contributed by atoms with Crippen LogP contribution in [0.1, 0.15) is 60.8 Å². The highest BCUT2D eigenvalue weighted by molar-refractivity contribution is 6.30. The van der Waals surface area contributed by atoms with E-state index in [9.17, 15) is 9.59 Å². The first kappa shape index (κ1) is 28.5. The van der Waals surface area contributed by atoms with Crippen LogP contribution < -0.4 is 5.32 Å². The van der Waals surface area contributed by atoms with E-state index >= 15 is 0 Å². The molecule has 1 amide bonds. The van der Waals surface area contributed by atoms with Gasteiger partial charge in [0.05, 0.1) is 10.8 Å². The van der Waals surface area contributed by atoms with E-state index in [4.69, 9.17) is 16.7 Å². The van der Waals surface area contributed by atoms with E-state index < -0.39 is 16.8 Å². The predicted molar refractivity (Wildman–Crippen MR) is 160 cm³/mol. The number of pyridine rings is 2. The number of halogens is 1. The molecule has 2 atom stereocenters. The van der Waals surface area contributed by atoms with Crippen molar-refractivity contribution < 1.29 is 14.7 Å². The van der Waals surface area contributed by atoms with Gasteiger partial charge in [0.15, 0.2) is 0 Å². The molecule has 0 saturated heterocycles. The number of carbonyl (C=O) groups excluding carboxylic acids is 1. The second kappa shape index (κ2) is 12.2. The number of carboxylic acid groups (broad SMARTS) is 1. The number of aromatic nitrogens is 2. The average Bonchev–Trinajstić information content (AvgIpc) is 3.93. The number of nitrogens with one attached hydrogen (secondary N) is 1. The molecule has 0 radical (unpaired) electrons. The van der Waals surface area contributed by atoms with Crippen LogP contribution in [0, 0.1) is 0 Å². The number of hydrogen-bond donors (Lipinski definition) is 2. The molecule has 2 aromatic heterocycles. The molecule has 2 saturated carbocycles. The Morgan fingerprint density at radius 2 is 1.39 bits per heavy atom. The normalized spacial score (nSPS) is 17.2. The first-order valence-corrected chi connectivity index (χ1v) is 14.4. The van der Waals surface area contributed by atoms with Gasteiger partial charge in [-0.25, -0.2) is 0 Å². The molecule has 2 aromatic carbocycles. The first-order valence-electron chi connectivity index (χ1n) is 14.0. The van der Waals surface area contributed by atoms with Crippen molar-refractivity contribution in [2.45, 2.75) is 61.8 Å². The van der Waals surface area contributed by atoms with E-state index in [1.165, 1.54) is 11.1 Å². The summed E-state index contributed by atoms with van der Waals surface area (Å²) in [7, 11) is 0. The van der Waals surface area contributed by atoms with Gasteiger partial charge in [-0.2, -0.15) is 0 Å². The van der Waals surface area contributed by atoms with Crippen LogP contribution in [0.5, 0.6) is 0 Å². The van der Waals surface area contributed by atoms with Gasteiger partial charge < -0.3 is 10.4 Å². The highest BCUT2D eigenvalue weighted by atomic mass is 35.5. The maximum atomic E-state index is 13.2. The molecule has 2 heterocycles. The Kier molecular flexibility index (Phi) is 8.50. The summed E-state index contributed by atoms with van der Waals surface area (Å²) in [5, 5.41) is 13.0. The molecular weight excluding hydrogens is 534 g/mol. The van der Waals surface area contributed by atoms with Gasteiger partial charge in [0.25, 0.3) is 0 Å². The molecule has 2 aliphatic carbocycles. The maximum absolute atomic E-state index is 13.2. The van der Waals surface area contributed by atoms with E-state index in [0.717, 1.165) is 48.3 Å². The Bertz CT molecular complexity index is 1460. The Labute approximate surface area is 245 Å². The number of nitrogens with zero attached hydrogens (tertiary/aromatic N) is 2. The maximum Gasteiger partial charge on any atom is 0.314 e. The van der Waals surface area contributed by atoms with Crippen molar-refractivity contribution in [1.82, 2.24) is 15.3 Å². The van der Waals surface area contributed by atoms with E-state index in [2.05, 4.69) is 58.6 Å². The summed E-state index contributed by atoms with van der Waals surface area (Å²) in [5.74, 6) is -0.448. The number of aliphatic carboxylic acids is 1. The quantitative estimate of drug-likeness (QED) is 0.241. The molecule has 2 unspecified atom stereocenters. The second-order valence-corrected chi connectivity index (χ2v) is 11.5. The third-order valence-electron chi connectivity index (χ3n) is 8.33. The van der Waals surface area contributed by atoms with Gasteiger partial charge in [-0.15, -0.1) is 0 Å². The van der Waals surface area contributed by atoms with Crippen LogP contribution >= 0.6 is 11.6 Å².